The average Bonchev–Trinajstić information content (AvgIpc) is 2.79. The SMILES string of the molecule is Cc1ccc(CNc2nc3ccccc3nc2C(C#N)S(=O)(=O)c2ccc(C)cc2)cc1. The summed E-state index contributed by atoms with van der Waals surface area (Å²) in [4.78, 5) is 9.24. The van der Waals surface area contributed by atoms with Crippen LogP contribution in [-0.4, -0.2) is 18.4 Å². The molecule has 0 aliphatic carbocycles. The summed E-state index contributed by atoms with van der Waals surface area (Å²) in [6.45, 7) is 4.31. The van der Waals surface area contributed by atoms with E-state index < -0.39 is 15.1 Å². The second kappa shape index (κ2) is 8.77. The number of benzene rings is 3. The molecule has 32 heavy (non-hydrogen) atoms. The van der Waals surface area contributed by atoms with Gasteiger partial charge in [0.15, 0.2) is 11.1 Å². The Kier molecular flexibility index (Phi) is 5.89. The van der Waals surface area contributed by atoms with Gasteiger partial charge in [0.1, 0.15) is 5.69 Å². The molecule has 0 bridgehead atoms. The molecule has 0 spiro atoms. The Morgan fingerprint density at radius 1 is 0.875 bits per heavy atom. The maximum Gasteiger partial charge on any atom is 0.200 e. The van der Waals surface area contributed by atoms with Crippen LogP contribution in [0.15, 0.2) is 77.7 Å². The largest absolute Gasteiger partial charge is 0.364 e. The number of para-hydroxylation sites is 2. The summed E-state index contributed by atoms with van der Waals surface area (Å²) in [5.41, 5.74) is 4.33. The average molecular weight is 443 g/mol. The summed E-state index contributed by atoms with van der Waals surface area (Å²) in [5.74, 6) is 0.284. The first kappa shape index (κ1) is 21.5. The molecule has 3 aromatic carbocycles. The monoisotopic (exact) mass is 442 g/mol. The number of hydrogen-bond acceptors (Lipinski definition) is 6. The highest BCUT2D eigenvalue weighted by molar-refractivity contribution is 7.92. The number of rotatable bonds is 6. The molecule has 0 amide bonds. The molecule has 0 radical (unpaired) electrons. The molecule has 160 valence electrons. The normalized spacial score (nSPS) is 12.3. The highest BCUT2D eigenvalue weighted by Crippen LogP contribution is 2.32. The van der Waals surface area contributed by atoms with E-state index in [4.69, 9.17) is 0 Å². The van der Waals surface area contributed by atoms with Gasteiger partial charge in [-0.2, -0.15) is 5.26 Å². The van der Waals surface area contributed by atoms with E-state index in [9.17, 15) is 13.7 Å². The van der Waals surface area contributed by atoms with E-state index in [2.05, 4.69) is 15.3 Å². The standard InChI is InChI=1S/C25H22N4O2S/c1-17-7-11-19(12-8-17)16-27-25-24(28-21-5-3-4-6-22(21)29-25)23(15-26)32(30,31)20-13-9-18(2)10-14-20/h3-14,23H,16H2,1-2H3,(H,27,29). The van der Waals surface area contributed by atoms with Crippen molar-refractivity contribution in [1.29, 1.82) is 5.26 Å². The lowest BCUT2D eigenvalue weighted by Crippen LogP contribution is -2.17. The molecule has 0 saturated heterocycles. The Labute approximate surface area is 187 Å². The van der Waals surface area contributed by atoms with Gasteiger partial charge >= 0.3 is 0 Å². The summed E-state index contributed by atoms with van der Waals surface area (Å²) in [7, 11) is -4.00. The van der Waals surface area contributed by atoms with Crippen LogP contribution in [0.4, 0.5) is 5.82 Å². The number of sulfone groups is 1. The number of nitrogens with zero attached hydrogens (tertiary/aromatic N) is 3. The number of aryl methyl sites for hydroxylation is 2. The Hall–Kier alpha value is -3.76. The first-order chi connectivity index (χ1) is 15.4. The van der Waals surface area contributed by atoms with Crippen LogP contribution >= 0.6 is 0 Å². The van der Waals surface area contributed by atoms with Gasteiger partial charge < -0.3 is 5.32 Å². The van der Waals surface area contributed by atoms with Crippen molar-refractivity contribution < 1.29 is 8.42 Å². The van der Waals surface area contributed by atoms with Crippen LogP contribution in [0.3, 0.4) is 0 Å². The number of hydrogen-bond donors (Lipinski definition) is 1. The Morgan fingerprint density at radius 2 is 1.44 bits per heavy atom. The topological polar surface area (TPSA) is 95.7 Å². The number of aromatic nitrogens is 2. The molecule has 1 N–H and O–H groups in total. The number of anilines is 1. The third-order valence-electron chi connectivity index (χ3n) is 5.20. The fourth-order valence-corrected chi connectivity index (χ4v) is 4.74. The molecule has 1 unspecified atom stereocenters. The highest BCUT2D eigenvalue weighted by atomic mass is 32.2. The van der Waals surface area contributed by atoms with Crippen molar-refractivity contribution in [3.8, 4) is 6.07 Å². The number of nitrogens with one attached hydrogen (secondary N) is 1. The predicted octanol–water partition coefficient (Wildman–Crippen LogP) is 4.90. The Balaban J connectivity index is 1.79. The van der Waals surface area contributed by atoms with E-state index in [1.807, 2.05) is 50.2 Å². The summed E-state index contributed by atoms with van der Waals surface area (Å²) >= 11 is 0. The molecule has 1 aromatic heterocycles. The van der Waals surface area contributed by atoms with Crippen molar-refractivity contribution in [1.82, 2.24) is 9.97 Å². The van der Waals surface area contributed by atoms with Crippen molar-refractivity contribution in [2.45, 2.75) is 30.5 Å². The van der Waals surface area contributed by atoms with Crippen LogP contribution in [0.5, 0.6) is 0 Å². The first-order valence-electron chi connectivity index (χ1n) is 10.1. The maximum absolute atomic E-state index is 13.4. The van der Waals surface area contributed by atoms with E-state index in [-0.39, 0.29) is 16.4 Å². The molecule has 7 heteroatoms. The van der Waals surface area contributed by atoms with Crippen LogP contribution in [0.25, 0.3) is 11.0 Å². The minimum atomic E-state index is -4.00. The molecule has 6 nitrogen and oxygen atoms in total. The molecule has 4 rings (SSSR count). The number of nitriles is 1. The van der Waals surface area contributed by atoms with Crippen molar-refractivity contribution in [2.75, 3.05) is 5.32 Å². The van der Waals surface area contributed by atoms with E-state index in [1.165, 1.54) is 12.1 Å². The Morgan fingerprint density at radius 3 is 2.03 bits per heavy atom. The molecule has 1 heterocycles. The van der Waals surface area contributed by atoms with Gasteiger partial charge in [-0.15, -0.1) is 0 Å². The summed E-state index contributed by atoms with van der Waals surface area (Å²) in [5, 5.41) is 11.6. The molecule has 0 aliphatic heterocycles. The van der Waals surface area contributed by atoms with Crippen LogP contribution < -0.4 is 5.32 Å². The van der Waals surface area contributed by atoms with Gasteiger partial charge in [0.2, 0.25) is 9.84 Å². The van der Waals surface area contributed by atoms with Crippen molar-refractivity contribution in [2.24, 2.45) is 0 Å². The highest BCUT2D eigenvalue weighted by Gasteiger charge is 2.33. The first-order valence-corrected chi connectivity index (χ1v) is 11.7. The van der Waals surface area contributed by atoms with E-state index in [0.717, 1.165) is 16.7 Å². The van der Waals surface area contributed by atoms with Gasteiger partial charge in [-0.3, -0.25) is 0 Å². The predicted molar refractivity (Wildman–Crippen MR) is 125 cm³/mol. The van der Waals surface area contributed by atoms with E-state index >= 15 is 0 Å². The smallest absolute Gasteiger partial charge is 0.200 e. The zero-order valence-corrected chi connectivity index (χ0v) is 18.6. The third-order valence-corrected chi connectivity index (χ3v) is 7.08. The second-order valence-electron chi connectivity index (χ2n) is 7.65. The van der Waals surface area contributed by atoms with Crippen LogP contribution in [0.1, 0.15) is 27.6 Å². The zero-order valence-electron chi connectivity index (χ0n) is 17.8. The number of fused-ring (bicyclic) bond motifs is 1. The van der Waals surface area contributed by atoms with Gasteiger partial charge in [-0.25, -0.2) is 18.4 Å². The lowest BCUT2D eigenvalue weighted by Gasteiger charge is -2.16. The summed E-state index contributed by atoms with van der Waals surface area (Å²) < 4.78 is 26.7. The second-order valence-corrected chi connectivity index (χ2v) is 9.69. The van der Waals surface area contributed by atoms with Gasteiger partial charge in [0.05, 0.1) is 22.0 Å². The minimum Gasteiger partial charge on any atom is -0.364 e. The lowest BCUT2D eigenvalue weighted by atomic mass is 10.1. The fraction of sp³-hybridized carbons (Fsp3) is 0.160. The van der Waals surface area contributed by atoms with Crippen LogP contribution in [0, 0.1) is 25.2 Å². The minimum absolute atomic E-state index is 0.0779. The van der Waals surface area contributed by atoms with Crippen LogP contribution in [0.2, 0.25) is 0 Å². The third kappa shape index (κ3) is 4.32. The van der Waals surface area contributed by atoms with Gasteiger partial charge in [0, 0.05) is 6.54 Å². The van der Waals surface area contributed by atoms with Crippen molar-refractivity contribution in [3.63, 3.8) is 0 Å². The Bertz CT molecular complexity index is 1410. The lowest BCUT2D eigenvalue weighted by molar-refractivity contribution is 0.590. The molecule has 0 fully saturated rings. The molecular formula is C25H22N4O2S. The van der Waals surface area contributed by atoms with E-state index in [0.29, 0.717) is 17.6 Å². The van der Waals surface area contributed by atoms with Gasteiger partial charge in [-0.05, 0) is 43.7 Å². The maximum atomic E-state index is 13.4. The molecule has 1 atom stereocenters. The molecular weight excluding hydrogens is 420 g/mol. The molecule has 4 aromatic rings. The van der Waals surface area contributed by atoms with Gasteiger partial charge in [0.25, 0.3) is 0 Å². The van der Waals surface area contributed by atoms with Gasteiger partial charge in [-0.1, -0.05) is 59.7 Å². The molecule has 0 aliphatic rings. The van der Waals surface area contributed by atoms with Crippen molar-refractivity contribution in [3.05, 3.63) is 95.2 Å². The summed E-state index contributed by atoms with van der Waals surface area (Å²) in [6, 6.07) is 23.6. The fourth-order valence-electron chi connectivity index (χ4n) is 3.36. The molecule has 0 saturated carbocycles. The zero-order chi connectivity index (χ0) is 22.7. The summed E-state index contributed by atoms with van der Waals surface area (Å²) in [6.07, 6.45) is 0. The quantitative estimate of drug-likeness (QED) is 0.456. The van der Waals surface area contributed by atoms with E-state index in [1.54, 1.807) is 30.3 Å². The van der Waals surface area contributed by atoms with Crippen molar-refractivity contribution >= 4 is 26.7 Å². The van der Waals surface area contributed by atoms with Crippen LogP contribution in [-0.2, 0) is 16.4 Å².